The second-order valence-corrected chi connectivity index (χ2v) is 13.1. The molecule has 0 bridgehead atoms. The Balaban J connectivity index is 1.49. The highest BCUT2D eigenvalue weighted by Crippen LogP contribution is 2.50. The van der Waals surface area contributed by atoms with E-state index >= 15 is 0 Å². The lowest BCUT2D eigenvalue weighted by atomic mass is 9.62. The van der Waals surface area contributed by atoms with Crippen LogP contribution in [0.1, 0.15) is 98.1 Å². The van der Waals surface area contributed by atoms with Gasteiger partial charge in [-0.05, 0) is 141 Å². The molecule has 1 aliphatic rings. The third kappa shape index (κ3) is 7.07. The monoisotopic (exact) mass is 590 g/mol. The minimum Gasteiger partial charge on any atom is -0.457 e. The highest BCUT2D eigenvalue weighted by molar-refractivity contribution is 5.55. The van der Waals surface area contributed by atoms with Crippen molar-refractivity contribution in [1.29, 1.82) is 0 Å². The van der Waals surface area contributed by atoms with Gasteiger partial charge in [-0.25, -0.2) is 0 Å². The standard InChI is InChI=1S/C40H50N2O2/c1-6-7-8-9-10-31-19-21-40(22-20-31,32-23-27(2)38(28(3)24-32)43-36-15-11-34(41)12-16-36)33-25-29(4)39(30(5)26-33)44-37-17-13-35(42)14-18-37/h11-18,23-26,31H,6-10,19-22,41-42H2,1-5H3. The average molecular weight is 591 g/mol. The van der Waals surface area contributed by atoms with Crippen LogP contribution in [0.3, 0.4) is 0 Å². The Labute approximate surface area is 264 Å². The summed E-state index contributed by atoms with van der Waals surface area (Å²) in [6, 6.07) is 24.8. The molecule has 4 aromatic rings. The predicted molar refractivity (Wildman–Crippen MR) is 185 cm³/mol. The third-order valence-corrected chi connectivity index (χ3v) is 9.65. The summed E-state index contributed by atoms with van der Waals surface area (Å²) in [6.45, 7) is 11.0. The second kappa shape index (κ2) is 13.8. The Bertz CT molecular complexity index is 1400. The van der Waals surface area contributed by atoms with Crippen molar-refractivity contribution in [2.75, 3.05) is 11.5 Å². The quantitative estimate of drug-likeness (QED) is 0.135. The first kappa shape index (κ1) is 31.5. The van der Waals surface area contributed by atoms with Crippen molar-refractivity contribution in [2.24, 2.45) is 5.92 Å². The van der Waals surface area contributed by atoms with Crippen LogP contribution in [0.4, 0.5) is 11.4 Å². The van der Waals surface area contributed by atoms with Crippen LogP contribution in [0.25, 0.3) is 0 Å². The van der Waals surface area contributed by atoms with E-state index in [9.17, 15) is 0 Å². The van der Waals surface area contributed by atoms with E-state index < -0.39 is 0 Å². The van der Waals surface area contributed by atoms with Crippen molar-refractivity contribution < 1.29 is 9.47 Å². The predicted octanol–water partition coefficient (Wildman–Crippen LogP) is 11.1. The van der Waals surface area contributed by atoms with Crippen molar-refractivity contribution in [1.82, 2.24) is 0 Å². The van der Waals surface area contributed by atoms with Crippen LogP contribution in [-0.4, -0.2) is 0 Å². The first-order valence-electron chi connectivity index (χ1n) is 16.5. The number of anilines is 2. The van der Waals surface area contributed by atoms with E-state index in [0.29, 0.717) is 0 Å². The topological polar surface area (TPSA) is 70.5 Å². The summed E-state index contributed by atoms with van der Waals surface area (Å²) in [5.74, 6) is 4.28. The molecule has 0 unspecified atom stereocenters. The molecule has 4 N–H and O–H groups in total. The fraction of sp³-hybridized carbons (Fsp3) is 0.400. The van der Waals surface area contributed by atoms with Crippen LogP contribution in [0.5, 0.6) is 23.0 Å². The van der Waals surface area contributed by atoms with Gasteiger partial charge in [-0.2, -0.15) is 0 Å². The number of rotatable bonds is 11. The minimum atomic E-state index is -0.0512. The molecule has 1 aliphatic carbocycles. The molecule has 0 aliphatic heterocycles. The molecule has 0 radical (unpaired) electrons. The maximum absolute atomic E-state index is 6.40. The van der Waals surface area contributed by atoms with Gasteiger partial charge in [0.15, 0.2) is 0 Å². The molecule has 0 amide bonds. The fourth-order valence-electron chi connectivity index (χ4n) is 7.15. The van der Waals surface area contributed by atoms with Crippen molar-refractivity contribution in [2.45, 2.75) is 97.8 Å². The summed E-state index contributed by atoms with van der Waals surface area (Å²) >= 11 is 0. The normalized spacial score (nSPS) is 14.8. The highest BCUT2D eigenvalue weighted by Gasteiger charge is 2.39. The van der Waals surface area contributed by atoms with Crippen molar-refractivity contribution in [3.05, 3.63) is 106 Å². The Morgan fingerprint density at radius 1 is 0.614 bits per heavy atom. The maximum Gasteiger partial charge on any atom is 0.133 e. The van der Waals surface area contributed by atoms with Gasteiger partial charge >= 0.3 is 0 Å². The lowest BCUT2D eigenvalue weighted by molar-refractivity contribution is 0.249. The molecule has 4 nitrogen and oxygen atoms in total. The van der Waals surface area contributed by atoms with Gasteiger partial charge in [-0.3, -0.25) is 0 Å². The molecule has 0 spiro atoms. The molecule has 0 atom stereocenters. The highest BCUT2D eigenvalue weighted by atomic mass is 16.5. The number of nitrogen functional groups attached to an aromatic ring is 2. The summed E-state index contributed by atoms with van der Waals surface area (Å²) in [7, 11) is 0. The van der Waals surface area contributed by atoms with Crippen molar-refractivity contribution in [3.63, 3.8) is 0 Å². The zero-order chi connectivity index (χ0) is 31.3. The van der Waals surface area contributed by atoms with Crippen LogP contribution in [0, 0.1) is 33.6 Å². The van der Waals surface area contributed by atoms with E-state index in [4.69, 9.17) is 20.9 Å². The smallest absolute Gasteiger partial charge is 0.133 e. The minimum absolute atomic E-state index is 0.0512. The summed E-state index contributed by atoms with van der Waals surface area (Å²) in [5.41, 5.74) is 20.7. The summed E-state index contributed by atoms with van der Waals surface area (Å²) in [6.07, 6.45) is 11.5. The lowest BCUT2D eigenvalue weighted by Gasteiger charge is -2.42. The van der Waals surface area contributed by atoms with E-state index in [1.54, 1.807) is 0 Å². The van der Waals surface area contributed by atoms with Crippen LogP contribution >= 0.6 is 0 Å². The number of ether oxygens (including phenoxy) is 2. The van der Waals surface area contributed by atoms with Gasteiger partial charge in [0.05, 0.1) is 0 Å². The Morgan fingerprint density at radius 3 is 1.41 bits per heavy atom. The zero-order valence-corrected chi connectivity index (χ0v) is 27.3. The van der Waals surface area contributed by atoms with E-state index in [-0.39, 0.29) is 5.41 Å². The summed E-state index contributed by atoms with van der Waals surface area (Å²) < 4.78 is 12.8. The average Bonchev–Trinajstić information content (AvgIpc) is 3.01. The largest absolute Gasteiger partial charge is 0.457 e. The first-order valence-corrected chi connectivity index (χ1v) is 16.5. The van der Waals surface area contributed by atoms with Crippen LogP contribution in [0.15, 0.2) is 72.8 Å². The molecule has 1 fully saturated rings. The number of nitrogens with two attached hydrogens (primary N) is 2. The van der Waals surface area contributed by atoms with Gasteiger partial charge in [-0.1, -0.05) is 63.3 Å². The fourth-order valence-corrected chi connectivity index (χ4v) is 7.15. The van der Waals surface area contributed by atoms with Gasteiger partial charge in [-0.15, -0.1) is 0 Å². The summed E-state index contributed by atoms with van der Waals surface area (Å²) in [4.78, 5) is 0. The Hall–Kier alpha value is -3.92. The number of aryl methyl sites for hydroxylation is 4. The number of unbranched alkanes of at least 4 members (excludes halogenated alkanes) is 3. The molecule has 232 valence electrons. The lowest BCUT2D eigenvalue weighted by Crippen LogP contribution is -2.33. The van der Waals surface area contributed by atoms with Gasteiger partial charge in [0.2, 0.25) is 0 Å². The van der Waals surface area contributed by atoms with E-state index in [2.05, 4.69) is 58.9 Å². The van der Waals surface area contributed by atoms with E-state index in [1.807, 2.05) is 48.5 Å². The van der Waals surface area contributed by atoms with E-state index in [0.717, 1.165) is 75.4 Å². The molecule has 0 aromatic heterocycles. The molecule has 0 saturated heterocycles. The molecular formula is C40H50N2O2. The van der Waals surface area contributed by atoms with Gasteiger partial charge in [0, 0.05) is 16.8 Å². The number of hydrogen-bond acceptors (Lipinski definition) is 4. The van der Waals surface area contributed by atoms with Crippen molar-refractivity contribution in [3.8, 4) is 23.0 Å². The van der Waals surface area contributed by atoms with Gasteiger partial charge in [0.25, 0.3) is 0 Å². The first-order chi connectivity index (χ1) is 21.2. The Kier molecular flexibility index (Phi) is 9.88. The maximum atomic E-state index is 6.40. The van der Waals surface area contributed by atoms with Crippen LogP contribution in [0.2, 0.25) is 0 Å². The third-order valence-electron chi connectivity index (χ3n) is 9.65. The molecule has 0 heterocycles. The van der Waals surface area contributed by atoms with Gasteiger partial charge < -0.3 is 20.9 Å². The van der Waals surface area contributed by atoms with Crippen molar-refractivity contribution >= 4 is 11.4 Å². The van der Waals surface area contributed by atoms with Crippen LogP contribution in [-0.2, 0) is 5.41 Å². The summed E-state index contributed by atoms with van der Waals surface area (Å²) in [5, 5.41) is 0. The Morgan fingerprint density at radius 2 is 1.02 bits per heavy atom. The molecule has 1 saturated carbocycles. The van der Waals surface area contributed by atoms with Gasteiger partial charge in [0.1, 0.15) is 23.0 Å². The molecular weight excluding hydrogens is 540 g/mol. The molecule has 5 rings (SSSR count). The number of benzene rings is 4. The second-order valence-electron chi connectivity index (χ2n) is 13.1. The van der Waals surface area contributed by atoms with Crippen LogP contribution < -0.4 is 20.9 Å². The number of hydrogen-bond donors (Lipinski definition) is 2. The molecule has 4 aromatic carbocycles. The van der Waals surface area contributed by atoms with E-state index in [1.165, 1.54) is 56.1 Å². The molecule has 4 heteroatoms. The molecule has 44 heavy (non-hydrogen) atoms. The zero-order valence-electron chi connectivity index (χ0n) is 27.3. The SMILES string of the molecule is CCCCCCC1CCC(c2cc(C)c(Oc3ccc(N)cc3)c(C)c2)(c2cc(C)c(Oc3ccc(N)cc3)c(C)c2)CC1.